The normalized spacial score (nSPS) is 22.8. The van der Waals surface area contributed by atoms with Crippen molar-refractivity contribution in [3.63, 3.8) is 0 Å². The molecule has 5 rings (SSSR count). The summed E-state index contributed by atoms with van der Waals surface area (Å²) < 4.78 is 26.6. The van der Waals surface area contributed by atoms with E-state index in [9.17, 15) is 9.18 Å². The predicted octanol–water partition coefficient (Wildman–Crippen LogP) is 4.88. The lowest BCUT2D eigenvalue weighted by Gasteiger charge is -2.43. The van der Waals surface area contributed by atoms with Gasteiger partial charge in [-0.2, -0.15) is 0 Å². The highest BCUT2D eigenvalue weighted by Gasteiger charge is 2.39. The van der Waals surface area contributed by atoms with Gasteiger partial charge in [0.05, 0.1) is 35.5 Å². The second-order valence-electron chi connectivity index (χ2n) is 9.81. The second-order valence-corrected chi connectivity index (χ2v) is 10.2. The van der Waals surface area contributed by atoms with E-state index in [2.05, 4.69) is 20.2 Å². The van der Waals surface area contributed by atoms with Crippen LogP contribution in [0, 0.1) is 11.7 Å². The molecule has 8 nitrogen and oxygen atoms in total. The first-order chi connectivity index (χ1) is 17.9. The number of anilines is 2. The van der Waals surface area contributed by atoms with Crippen LogP contribution < -0.4 is 14.8 Å². The van der Waals surface area contributed by atoms with Crippen LogP contribution in [0.3, 0.4) is 0 Å². The topological polar surface area (TPSA) is 79.8 Å². The zero-order chi connectivity index (χ0) is 26.1. The van der Waals surface area contributed by atoms with Gasteiger partial charge in [-0.05, 0) is 56.8 Å². The third kappa shape index (κ3) is 5.15. The van der Waals surface area contributed by atoms with Crippen molar-refractivity contribution in [3.05, 3.63) is 47.5 Å². The van der Waals surface area contributed by atoms with E-state index in [4.69, 9.17) is 21.1 Å². The number of methoxy groups -OCH3 is 1. The molecule has 1 N–H and O–H groups in total. The summed E-state index contributed by atoms with van der Waals surface area (Å²) in [6, 6.07) is 8.32. The number of aromatic nitrogens is 2. The summed E-state index contributed by atoms with van der Waals surface area (Å²) in [5.41, 5.74) is 0.854. The average molecular weight is 528 g/mol. The Morgan fingerprint density at radius 2 is 1.86 bits per heavy atom. The maximum absolute atomic E-state index is 14.5. The van der Waals surface area contributed by atoms with Gasteiger partial charge in [-0.1, -0.05) is 17.7 Å². The molecule has 196 valence electrons. The van der Waals surface area contributed by atoms with Crippen LogP contribution >= 0.6 is 11.6 Å². The average Bonchev–Trinajstić information content (AvgIpc) is 2.90. The number of carbonyl (C=O) groups is 1. The van der Waals surface area contributed by atoms with Crippen molar-refractivity contribution in [2.75, 3.05) is 39.6 Å². The van der Waals surface area contributed by atoms with Gasteiger partial charge in [0, 0.05) is 31.6 Å². The largest absolute Gasteiger partial charge is 0.493 e. The maximum atomic E-state index is 14.5. The lowest BCUT2D eigenvalue weighted by atomic mass is 9.81. The molecule has 1 amide bonds. The van der Waals surface area contributed by atoms with Gasteiger partial charge in [0.1, 0.15) is 12.1 Å². The summed E-state index contributed by atoms with van der Waals surface area (Å²) in [7, 11) is 5.52. The number of carbonyl (C=O) groups excluding carboxylic acids is 1. The van der Waals surface area contributed by atoms with Gasteiger partial charge in [0.25, 0.3) is 0 Å². The van der Waals surface area contributed by atoms with Crippen LogP contribution in [0.4, 0.5) is 15.9 Å². The van der Waals surface area contributed by atoms with Gasteiger partial charge >= 0.3 is 0 Å². The molecule has 3 aromatic rings. The number of halogens is 2. The summed E-state index contributed by atoms with van der Waals surface area (Å²) in [6.07, 6.45) is 4.93. The lowest BCUT2D eigenvalue weighted by molar-refractivity contribution is -0.142. The van der Waals surface area contributed by atoms with Crippen LogP contribution in [0.25, 0.3) is 10.9 Å². The van der Waals surface area contributed by atoms with Gasteiger partial charge in [0.2, 0.25) is 5.91 Å². The molecular formula is C27H31ClFN5O3. The number of hydrogen-bond donors (Lipinski definition) is 1. The molecule has 2 aliphatic rings. The van der Waals surface area contributed by atoms with Crippen LogP contribution in [0.1, 0.15) is 25.7 Å². The van der Waals surface area contributed by atoms with E-state index in [-0.39, 0.29) is 28.8 Å². The molecule has 1 aromatic heterocycles. The van der Waals surface area contributed by atoms with E-state index in [1.54, 1.807) is 25.3 Å². The van der Waals surface area contributed by atoms with Gasteiger partial charge in [-0.3, -0.25) is 9.69 Å². The van der Waals surface area contributed by atoms with E-state index in [1.165, 1.54) is 12.4 Å². The summed E-state index contributed by atoms with van der Waals surface area (Å²) in [5.74, 6) is 1.56. The summed E-state index contributed by atoms with van der Waals surface area (Å²) >= 11 is 5.95. The molecule has 0 bridgehead atoms. The molecule has 10 heteroatoms. The Bertz CT molecular complexity index is 1300. The lowest BCUT2D eigenvalue weighted by Crippen LogP contribution is -2.57. The number of nitrogens with one attached hydrogen (secondary N) is 1. The highest BCUT2D eigenvalue weighted by atomic mass is 35.5. The highest BCUT2D eigenvalue weighted by Crippen LogP contribution is 2.39. The Hall–Kier alpha value is -3.17. The molecule has 1 aliphatic carbocycles. The van der Waals surface area contributed by atoms with E-state index in [1.807, 2.05) is 25.1 Å². The quantitative estimate of drug-likeness (QED) is 0.489. The first-order valence-electron chi connectivity index (χ1n) is 12.5. The van der Waals surface area contributed by atoms with E-state index in [0.29, 0.717) is 34.1 Å². The fourth-order valence-electron chi connectivity index (χ4n) is 5.38. The Kier molecular flexibility index (Phi) is 7.35. The Balaban J connectivity index is 1.35. The molecule has 0 radical (unpaired) electrons. The molecule has 2 heterocycles. The third-order valence-electron chi connectivity index (χ3n) is 7.48. The number of rotatable bonds is 6. The molecule has 1 atom stereocenters. The predicted molar refractivity (Wildman–Crippen MR) is 141 cm³/mol. The smallest absolute Gasteiger partial charge is 0.239 e. The van der Waals surface area contributed by atoms with Crippen LogP contribution in [0.2, 0.25) is 5.02 Å². The summed E-state index contributed by atoms with van der Waals surface area (Å²) in [6.45, 7) is 1.67. The zero-order valence-corrected chi connectivity index (χ0v) is 22.0. The minimum atomic E-state index is -0.550. The highest BCUT2D eigenvalue weighted by molar-refractivity contribution is 6.31. The molecular weight excluding hydrogens is 497 g/mol. The first kappa shape index (κ1) is 25.5. The Labute approximate surface area is 220 Å². The zero-order valence-electron chi connectivity index (χ0n) is 21.2. The van der Waals surface area contributed by atoms with E-state index in [0.717, 1.165) is 38.8 Å². The van der Waals surface area contributed by atoms with Crippen molar-refractivity contribution >= 4 is 39.9 Å². The Morgan fingerprint density at radius 1 is 1.08 bits per heavy atom. The molecule has 2 fully saturated rings. The minimum absolute atomic E-state index is 0.00394. The van der Waals surface area contributed by atoms with Crippen LogP contribution in [-0.2, 0) is 4.79 Å². The molecule has 1 saturated heterocycles. The molecule has 1 aliphatic heterocycles. The standard InChI is InChI=1S/C27H31ClFN5O3/c1-33-11-12-34(2)27(35)25(33)16-7-9-17(10-8-16)37-23-13-18-21(14-22(23)36-3)30-15-31-26(18)32-20-6-4-5-19(28)24(20)29/h4-6,13-17,25H,7-12H2,1-3H3,(H,30,31,32)/t16?,17?,25-/m0/s1. The van der Waals surface area contributed by atoms with Crippen molar-refractivity contribution in [2.24, 2.45) is 5.92 Å². The number of likely N-dealkylation sites (N-methyl/N-ethyl adjacent to an activating group) is 2. The fourth-order valence-corrected chi connectivity index (χ4v) is 5.55. The van der Waals surface area contributed by atoms with Gasteiger partial charge < -0.3 is 19.7 Å². The number of hydrogen-bond acceptors (Lipinski definition) is 7. The number of amides is 1. The number of nitrogens with zero attached hydrogens (tertiary/aromatic N) is 4. The monoisotopic (exact) mass is 527 g/mol. The third-order valence-corrected chi connectivity index (χ3v) is 7.77. The Morgan fingerprint density at radius 3 is 2.62 bits per heavy atom. The van der Waals surface area contributed by atoms with Crippen LogP contribution in [0.15, 0.2) is 36.7 Å². The first-order valence-corrected chi connectivity index (χ1v) is 12.9. The van der Waals surface area contributed by atoms with Crippen molar-refractivity contribution < 1.29 is 18.7 Å². The van der Waals surface area contributed by atoms with E-state index >= 15 is 0 Å². The minimum Gasteiger partial charge on any atom is -0.493 e. The molecule has 37 heavy (non-hydrogen) atoms. The summed E-state index contributed by atoms with van der Waals surface area (Å²) in [4.78, 5) is 25.5. The van der Waals surface area contributed by atoms with Gasteiger partial charge in [-0.25, -0.2) is 14.4 Å². The molecule has 0 unspecified atom stereocenters. The summed E-state index contributed by atoms with van der Waals surface area (Å²) in [5, 5.41) is 3.73. The second kappa shape index (κ2) is 10.7. The number of piperazine rings is 1. The maximum Gasteiger partial charge on any atom is 0.239 e. The van der Waals surface area contributed by atoms with Gasteiger partial charge in [-0.15, -0.1) is 0 Å². The van der Waals surface area contributed by atoms with Gasteiger partial charge in [0.15, 0.2) is 17.3 Å². The van der Waals surface area contributed by atoms with Crippen molar-refractivity contribution in [3.8, 4) is 11.5 Å². The fraction of sp³-hybridized carbons (Fsp3) is 0.444. The van der Waals surface area contributed by atoms with E-state index < -0.39 is 5.82 Å². The number of benzene rings is 2. The molecule has 0 spiro atoms. The van der Waals surface area contributed by atoms with Crippen molar-refractivity contribution in [1.82, 2.24) is 19.8 Å². The molecule has 2 aromatic carbocycles. The number of ether oxygens (including phenoxy) is 2. The SMILES string of the molecule is COc1cc2ncnc(Nc3cccc(Cl)c3F)c2cc1OC1CCC([C@H]2C(=O)N(C)CCN2C)CC1. The van der Waals surface area contributed by atoms with Crippen molar-refractivity contribution in [1.29, 1.82) is 0 Å². The van der Waals surface area contributed by atoms with Crippen molar-refractivity contribution in [2.45, 2.75) is 37.8 Å². The van der Waals surface area contributed by atoms with Crippen LogP contribution in [0.5, 0.6) is 11.5 Å². The number of fused-ring (bicyclic) bond motifs is 1. The molecule has 1 saturated carbocycles. The van der Waals surface area contributed by atoms with Crippen LogP contribution in [-0.4, -0.2) is 72.1 Å².